The van der Waals surface area contributed by atoms with Crippen molar-refractivity contribution < 1.29 is 53.0 Å². The predicted octanol–water partition coefficient (Wildman–Crippen LogP) is 1.95. The number of alkyl halides is 3. The molecule has 0 saturated carbocycles. The summed E-state index contributed by atoms with van der Waals surface area (Å²) in [5.41, 5.74) is 0. The second-order valence-corrected chi connectivity index (χ2v) is 1.56. The summed E-state index contributed by atoms with van der Waals surface area (Å²) in [4.78, 5) is 8.58. The smallest absolute Gasteiger partial charge is 0 e. The Bertz CT molecular complexity index is 257. The fraction of sp³-hybridized carbons (Fsp3) is 0.100. The second-order valence-electron chi connectivity index (χ2n) is 1.56. The molecule has 0 spiro atoms. The van der Waals surface area contributed by atoms with Gasteiger partial charge >= 0.3 is 33.9 Å². The summed E-state index contributed by atoms with van der Waals surface area (Å²) in [5, 5.41) is 0. The van der Waals surface area contributed by atoms with E-state index >= 15 is 0 Å². The fourth-order valence-electron chi connectivity index (χ4n) is 0.321. The van der Waals surface area contributed by atoms with Crippen molar-refractivity contribution in [3.8, 4) is 0 Å². The number of hydrogen-bond donors (Lipinski definition) is 0. The average molecular weight is 430 g/mol. The van der Waals surface area contributed by atoms with Crippen molar-refractivity contribution in [2.45, 2.75) is 6.18 Å². The van der Waals surface area contributed by atoms with E-state index in [1.54, 1.807) is 0 Å². The van der Waals surface area contributed by atoms with Crippen molar-refractivity contribution in [3.05, 3.63) is 50.3 Å². The van der Waals surface area contributed by atoms with E-state index in [-0.39, 0.29) is 27.4 Å². The Labute approximate surface area is 116 Å². The van der Waals surface area contributed by atoms with Crippen LogP contribution in [0.15, 0.2) is 30.3 Å². The molecule has 8 heteroatoms. The third kappa shape index (κ3) is 61.4. The van der Waals surface area contributed by atoms with Gasteiger partial charge in [0.2, 0.25) is 0 Å². The summed E-state index contributed by atoms with van der Waals surface area (Å²) in [6.07, 6.45) is -4.91. The van der Waals surface area contributed by atoms with Crippen LogP contribution < -0.4 is 0 Å². The maximum atomic E-state index is 10.4. The van der Waals surface area contributed by atoms with Gasteiger partial charge in [0, 0.05) is 21.1 Å². The Hall–Kier alpha value is -1.28. The molecule has 0 saturated heterocycles. The summed E-state index contributed by atoms with van der Waals surface area (Å²) in [5.74, 6) is 0. The molecule has 1 aromatic rings. The summed E-state index contributed by atoms with van der Waals surface area (Å²) >= 11 is 0. The maximum Gasteiger partial charge on any atom is 0 e. The first-order chi connectivity index (χ1) is 8.06. The first-order valence-corrected chi connectivity index (χ1v) is 3.30. The van der Waals surface area contributed by atoms with Gasteiger partial charge in [0.1, 0.15) is 0 Å². The van der Waals surface area contributed by atoms with Crippen molar-refractivity contribution in [2.24, 2.45) is 0 Å². The Morgan fingerprint density at radius 3 is 1.22 bits per heavy atom. The molecule has 0 radical (unpaired) electrons. The van der Waals surface area contributed by atoms with E-state index in [1.807, 2.05) is 30.3 Å². The van der Waals surface area contributed by atoms with E-state index < -0.39 is 6.18 Å². The molecule has 0 N–H and O–H groups in total. The number of halogens is 3. The Morgan fingerprint density at radius 2 is 1.17 bits per heavy atom. The van der Waals surface area contributed by atoms with Gasteiger partial charge < -0.3 is 4.79 Å². The second kappa shape index (κ2) is 29.6. The van der Waals surface area contributed by atoms with Gasteiger partial charge in [-0.1, -0.05) is 0 Å². The van der Waals surface area contributed by atoms with Crippen LogP contribution in [-0.2, 0) is 39.8 Å². The molecule has 0 aliphatic heterocycles. The summed E-state index contributed by atoms with van der Waals surface area (Å²) in [7, 11) is 0. The van der Waals surface area contributed by atoms with Gasteiger partial charge in [-0.3, -0.25) is 0 Å². The summed E-state index contributed by atoms with van der Waals surface area (Å²) in [6.45, 7) is 13.5. The first kappa shape index (κ1) is 30.1. The zero-order valence-corrected chi connectivity index (χ0v) is 11.5. The molecule has 98 valence electrons. The van der Waals surface area contributed by atoms with Crippen LogP contribution in [0.2, 0.25) is 0 Å². The van der Waals surface area contributed by atoms with Gasteiger partial charge in [0.05, 0.1) is 0 Å². The molecule has 0 bridgehead atoms. The number of carbonyl (C=O) groups excluding carboxylic acids is 1. The van der Waals surface area contributed by atoms with Crippen LogP contribution in [0.4, 0.5) is 13.2 Å². The van der Waals surface area contributed by atoms with E-state index in [0.29, 0.717) is 0 Å². The molecular weight excluding hydrogens is 425 g/mol. The fourth-order valence-corrected chi connectivity index (χ4v) is 0.321. The van der Waals surface area contributed by atoms with Crippen LogP contribution in [0.25, 0.3) is 0 Å². The van der Waals surface area contributed by atoms with Crippen LogP contribution in [-0.4, -0.2) is 12.5 Å². The normalized spacial score (nSPS) is 6.28. The van der Waals surface area contributed by atoms with E-state index in [4.69, 9.17) is 18.8 Å². The topological polar surface area (TPSA) is 76.8 Å². The molecule has 0 heterocycles. The van der Waals surface area contributed by atoms with Crippen LogP contribution in [0.3, 0.4) is 0 Å². The molecule has 0 amide bonds. The van der Waals surface area contributed by atoms with Gasteiger partial charge in [-0.2, -0.15) is 24.5 Å². The van der Waals surface area contributed by atoms with Crippen LogP contribution in [0, 0.1) is 20.0 Å². The Balaban J connectivity index is -0.0000000428. The minimum atomic E-state index is -4.76. The molecule has 0 atom stereocenters. The standard InChI is InChI=1S/C5H5.C2F3O.3CO.W/c1-2-4-5-3-1;3-2(4,5)1-6;3*1-2;/h1-5H;;;;;/q2*-1;;;;. The van der Waals surface area contributed by atoms with Crippen molar-refractivity contribution in [1.29, 1.82) is 0 Å². The minimum Gasteiger partial charge on any atom is -0.214 e. The van der Waals surface area contributed by atoms with Gasteiger partial charge in [-0.15, -0.1) is 0 Å². The number of hydrogen-bond acceptors (Lipinski definition) is 1. The quantitative estimate of drug-likeness (QED) is 0.458. The van der Waals surface area contributed by atoms with Crippen molar-refractivity contribution in [1.82, 2.24) is 0 Å². The van der Waals surface area contributed by atoms with Crippen LogP contribution >= 0.6 is 0 Å². The molecule has 0 aliphatic carbocycles. The molecule has 0 aliphatic rings. The van der Waals surface area contributed by atoms with Crippen molar-refractivity contribution in [2.75, 3.05) is 0 Å². The number of rotatable bonds is 0. The summed E-state index contributed by atoms with van der Waals surface area (Å²) < 4.78 is 53.6. The predicted molar refractivity (Wildman–Crippen MR) is 45.6 cm³/mol. The maximum absolute atomic E-state index is 10.4. The first-order valence-electron chi connectivity index (χ1n) is 3.30. The van der Waals surface area contributed by atoms with E-state index in [0.717, 1.165) is 0 Å². The molecule has 1 aromatic carbocycles. The summed E-state index contributed by atoms with van der Waals surface area (Å²) in [6, 6.07) is 10.0. The Morgan fingerprint density at radius 1 is 0.944 bits per heavy atom. The monoisotopic (exact) mass is 430 g/mol. The van der Waals surface area contributed by atoms with E-state index in [2.05, 4.69) is 20.0 Å². The van der Waals surface area contributed by atoms with E-state index in [9.17, 15) is 13.2 Å². The zero-order valence-electron chi connectivity index (χ0n) is 8.56. The minimum absolute atomic E-state index is 0. The van der Waals surface area contributed by atoms with Gasteiger partial charge in [0.25, 0.3) is 6.18 Å². The van der Waals surface area contributed by atoms with Gasteiger partial charge in [-0.05, 0) is 0 Å². The zero-order chi connectivity index (χ0) is 14.7. The molecule has 0 aromatic heterocycles. The average Bonchev–Trinajstić information content (AvgIpc) is 2.95. The van der Waals surface area contributed by atoms with Crippen LogP contribution in [0.5, 0.6) is 0 Å². The van der Waals surface area contributed by atoms with Crippen LogP contribution in [0.1, 0.15) is 0 Å². The largest absolute Gasteiger partial charge is 0.214 e. The molecule has 4 nitrogen and oxygen atoms in total. The molecule has 0 fully saturated rings. The third-order valence-electron chi connectivity index (χ3n) is 0.671. The molecule has 18 heavy (non-hydrogen) atoms. The third-order valence-corrected chi connectivity index (χ3v) is 0.671. The molecule has 1 rings (SSSR count). The molecule has 0 unspecified atom stereocenters. The Kier molecular flexibility index (Phi) is 49.5. The van der Waals surface area contributed by atoms with Crippen molar-refractivity contribution >= 4 is 6.29 Å². The van der Waals surface area contributed by atoms with Gasteiger partial charge in [0.15, 0.2) is 0 Å². The van der Waals surface area contributed by atoms with Gasteiger partial charge in [-0.25, -0.2) is 25.3 Å². The molecular formula is C10H5F3O4W-2. The van der Waals surface area contributed by atoms with E-state index in [1.165, 1.54) is 0 Å². The SMILES string of the molecule is O=[C-]C(F)(F)F.[C-]#[O+].[C-]#[O+].[C-]#[O+].[W].c1cc[cH-]c1. The van der Waals surface area contributed by atoms with Crippen molar-refractivity contribution in [3.63, 3.8) is 0 Å².